The minimum absolute atomic E-state index is 0.0644. The predicted octanol–water partition coefficient (Wildman–Crippen LogP) is 3.28. The maximum atomic E-state index is 12.6. The lowest BCUT2D eigenvalue weighted by Crippen LogP contribution is -2.38. The number of anilines is 2. The van der Waals surface area contributed by atoms with Crippen LogP contribution >= 0.6 is 27.3 Å². The fourth-order valence-electron chi connectivity index (χ4n) is 3.89. The number of benzene rings is 1. The SMILES string of the molecule is Cc1cc(N2C[C@H](NC(=O)c3ccc(Br)s3)CC2=O)ccc1N1CCCCS1(=O)=O. The monoisotopic (exact) mass is 511 g/mol. The minimum atomic E-state index is -3.29. The van der Waals surface area contributed by atoms with Gasteiger partial charge in [0.1, 0.15) is 0 Å². The maximum Gasteiger partial charge on any atom is 0.261 e. The summed E-state index contributed by atoms with van der Waals surface area (Å²) in [5.74, 6) is -0.0846. The van der Waals surface area contributed by atoms with Gasteiger partial charge >= 0.3 is 0 Å². The summed E-state index contributed by atoms with van der Waals surface area (Å²) in [6.07, 6.45) is 1.76. The van der Waals surface area contributed by atoms with Crippen molar-refractivity contribution in [2.75, 3.05) is 28.0 Å². The van der Waals surface area contributed by atoms with Gasteiger partial charge in [0.15, 0.2) is 0 Å². The Bertz CT molecular complexity index is 1100. The molecular formula is C20H22BrN3O4S2. The molecule has 160 valence electrons. The highest BCUT2D eigenvalue weighted by molar-refractivity contribution is 9.11. The Balaban J connectivity index is 1.48. The molecule has 30 heavy (non-hydrogen) atoms. The van der Waals surface area contributed by atoms with Crippen LogP contribution in [-0.2, 0) is 14.8 Å². The largest absolute Gasteiger partial charge is 0.346 e. The topological polar surface area (TPSA) is 86.8 Å². The molecule has 2 aliphatic heterocycles. The Labute approximate surface area is 188 Å². The molecule has 1 aromatic carbocycles. The van der Waals surface area contributed by atoms with E-state index in [4.69, 9.17) is 0 Å². The molecule has 2 amide bonds. The summed E-state index contributed by atoms with van der Waals surface area (Å²) in [4.78, 5) is 27.2. The van der Waals surface area contributed by atoms with E-state index in [0.717, 1.165) is 15.8 Å². The molecular weight excluding hydrogens is 490 g/mol. The van der Waals surface area contributed by atoms with Crippen LogP contribution in [0, 0.1) is 6.92 Å². The number of halogens is 1. The van der Waals surface area contributed by atoms with E-state index in [1.807, 2.05) is 19.1 Å². The Kier molecular flexibility index (Phi) is 5.91. The average Bonchev–Trinajstić information content (AvgIpc) is 3.27. The van der Waals surface area contributed by atoms with Gasteiger partial charge < -0.3 is 10.2 Å². The second kappa shape index (κ2) is 8.32. The quantitative estimate of drug-likeness (QED) is 0.682. The molecule has 1 N–H and O–H groups in total. The molecule has 0 radical (unpaired) electrons. The first-order chi connectivity index (χ1) is 14.2. The number of nitrogens with zero attached hydrogens (tertiary/aromatic N) is 2. The number of sulfonamides is 1. The molecule has 4 rings (SSSR count). The van der Waals surface area contributed by atoms with Crippen LogP contribution in [0.1, 0.15) is 34.5 Å². The highest BCUT2D eigenvalue weighted by Gasteiger charge is 2.33. The van der Waals surface area contributed by atoms with E-state index < -0.39 is 10.0 Å². The van der Waals surface area contributed by atoms with Crippen molar-refractivity contribution in [3.63, 3.8) is 0 Å². The summed E-state index contributed by atoms with van der Waals surface area (Å²) in [5.41, 5.74) is 2.19. The number of hydrogen-bond acceptors (Lipinski definition) is 5. The zero-order valence-electron chi connectivity index (χ0n) is 16.4. The van der Waals surface area contributed by atoms with Crippen molar-refractivity contribution in [1.29, 1.82) is 0 Å². The number of carbonyl (C=O) groups is 2. The third-order valence-corrected chi connectivity index (χ3v) is 8.85. The molecule has 0 aliphatic carbocycles. The van der Waals surface area contributed by atoms with Gasteiger partial charge in [0.05, 0.1) is 26.1 Å². The molecule has 0 bridgehead atoms. The lowest BCUT2D eigenvalue weighted by Gasteiger charge is -2.30. The summed E-state index contributed by atoms with van der Waals surface area (Å²) < 4.78 is 27.2. The fraction of sp³-hybridized carbons (Fsp3) is 0.400. The highest BCUT2D eigenvalue weighted by Crippen LogP contribution is 2.31. The van der Waals surface area contributed by atoms with Gasteiger partial charge in [-0.1, -0.05) is 0 Å². The molecule has 2 aliphatic rings. The van der Waals surface area contributed by atoms with E-state index in [2.05, 4.69) is 21.2 Å². The fourth-order valence-corrected chi connectivity index (χ4v) is 6.88. The van der Waals surface area contributed by atoms with Crippen LogP contribution in [0.2, 0.25) is 0 Å². The Morgan fingerprint density at radius 3 is 2.70 bits per heavy atom. The number of amides is 2. The van der Waals surface area contributed by atoms with Gasteiger partial charge in [-0.2, -0.15) is 0 Å². The first-order valence-electron chi connectivity index (χ1n) is 9.72. The van der Waals surface area contributed by atoms with Crippen LogP contribution in [0.4, 0.5) is 11.4 Å². The van der Waals surface area contributed by atoms with Crippen molar-refractivity contribution >= 4 is 60.5 Å². The molecule has 2 fully saturated rings. The number of nitrogens with one attached hydrogen (secondary N) is 1. The van der Waals surface area contributed by atoms with Gasteiger partial charge in [0.2, 0.25) is 15.9 Å². The summed E-state index contributed by atoms with van der Waals surface area (Å²) in [5, 5.41) is 2.93. The third-order valence-electron chi connectivity index (χ3n) is 5.37. The average molecular weight is 512 g/mol. The smallest absolute Gasteiger partial charge is 0.261 e. The normalized spacial score (nSPS) is 21.1. The van der Waals surface area contributed by atoms with Crippen molar-refractivity contribution < 1.29 is 18.0 Å². The predicted molar refractivity (Wildman–Crippen MR) is 122 cm³/mol. The Hall–Kier alpha value is -1.91. The zero-order chi connectivity index (χ0) is 21.5. The van der Waals surface area contributed by atoms with Gasteiger partial charge in [0.25, 0.3) is 5.91 Å². The molecule has 0 saturated carbocycles. The maximum absolute atomic E-state index is 12.6. The van der Waals surface area contributed by atoms with Crippen LogP contribution < -0.4 is 14.5 Å². The van der Waals surface area contributed by atoms with E-state index in [1.54, 1.807) is 23.1 Å². The van der Waals surface area contributed by atoms with E-state index in [9.17, 15) is 18.0 Å². The lowest BCUT2D eigenvalue weighted by atomic mass is 10.1. The van der Waals surface area contributed by atoms with Gasteiger partial charge in [-0.15, -0.1) is 11.3 Å². The summed E-state index contributed by atoms with van der Waals surface area (Å²) in [7, 11) is -3.29. The number of aryl methyl sites for hydroxylation is 1. The molecule has 0 unspecified atom stereocenters. The highest BCUT2D eigenvalue weighted by atomic mass is 79.9. The molecule has 7 nitrogen and oxygen atoms in total. The standard InChI is InChI=1S/C20H22BrN3O4S2/c1-13-10-15(4-5-16(13)24-8-2-3-9-30(24,27)28)23-12-14(11-19(23)25)22-20(26)17-6-7-18(21)29-17/h4-7,10,14H,2-3,8-9,11-12H2,1H3,(H,22,26)/t14-/m1/s1. The number of carbonyl (C=O) groups excluding carboxylic acids is 2. The number of thiophene rings is 1. The molecule has 3 heterocycles. The van der Waals surface area contributed by atoms with Crippen LogP contribution in [-0.4, -0.2) is 45.1 Å². The summed E-state index contributed by atoms with van der Waals surface area (Å²) in [6.45, 7) is 2.73. The van der Waals surface area contributed by atoms with Crippen LogP contribution in [0.25, 0.3) is 0 Å². The molecule has 1 aromatic heterocycles. The van der Waals surface area contributed by atoms with E-state index in [-0.39, 0.29) is 30.0 Å². The summed E-state index contributed by atoms with van der Waals surface area (Å²) in [6, 6.07) is 8.69. The van der Waals surface area contributed by atoms with Crippen LogP contribution in [0.5, 0.6) is 0 Å². The van der Waals surface area contributed by atoms with Crippen molar-refractivity contribution in [3.8, 4) is 0 Å². The first-order valence-corrected chi connectivity index (χ1v) is 12.9. The third kappa shape index (κ3) is 4.26. The molecule has 0 spiro atoms. The van der Waals surface area contributed by atoms with E-state index in [1.165, 1.54) is 15.6 Å². The molecule has 1 atom stereocenters. The van der Waals surface area contributed by atoms with E-state index >= 15 is 0 Å². The van der Waals surface area contributed by atoms with Crippen molar-refractivity contribution in [1.82, 2.24) is 5.32 Å². The van der Waals surface area contributed by atoms with Gasteiger partial charge in [-0.05, 0) is 71.6 Å². The zero-order valence-corrected chi connectivity index (χ0v) is 19.6. The number of hydrogen-bond donors (Lipinski definition) is 1. The Morgan fingerprint density at radius 2 is 2.03 bits per heavy atom. The molecule has 10 heteroatoms. The van der Waals surface area contributed by atoms with Crippen molar-refractivity contribution in [2.45, 2.75) is 32.2 Å². The molecule has 2 aromatic rings. The second-order valence-corrected chi connectivity index (χ2v) is 12.0. The van der Waals surface area contributed by atoms with Gasteiger partial charge in [-0.25, -0.2) is 8.42 Å². The summed E-state index contributed by atoms with van der Waals surface area (Å²) >= 11 is 4.69. The van der Waals surface area contributed by atoms with Crippen molar-refractivity contribution in [2.24, 2.45) is 0 Å². The lowest BCUT2D eigenvalue weighted by molar-refractivity contribution is -0.117. The van der Waals surface area contributed by atoms with Crippen LogP contribution in [0.15, 0.2) is 34.1 Å². The first kappa shape index (κ1) is 21.3. The van der Waals surface area contributed by atoms with Gasteiger partial charge in [0, 0.05) is 25.2 Å². The van der Waals surface area contributed by atoms with Gasteiger partial charge in [-0.3, -0.25) is 13.9 Å². The second-order valence-electron chi connectivity index (χ2n) is 7.55. The molecule has 2 saturated heterocycles. The number of rotatable bonds is 4. The Morgan fingerprint density at radius 1 is 1.23 bits per heavy atom. The van der Waals surface area contributed by atoms with Crippen LogP contribution in [0.3, 0.4) is 0 Å². The minimum Gasteiger partial charge on any atom is -0.346 e. The van der Waals surface area contributed by atoms with Crippen molar-refractivity contribution in [3.05, 3.63) is 44.6 Å². The van der Waals surface area contributed by atoms with E-state index in [0.29, 0.717) is 35.8 Å².